The molecule has 0 unspecified atom stereocenters. The molecule has 4 heteroatoms. The molecule has 0 aliphatic carbocycles. The summed E-state index contributed by atoms with van der Waals surface area (Å²) in [7, 11) is 0. The lowest BCUT2D eigenvalue weighted by Crippen LogP contribution is -2.12. The van der Waals surface area contributed by atoms with Crippen LogP contribution in [0.15, 0.2) is 53.3 Å². The van der Waals surface area contributed by atoms with Crippen LogP contribution >= 0.6 is 15.9 Å². The minimum Gasteiger partial charge on any atom is -0.354 e. The van der Waals surface area contributed by atoms with Crippen LogP contribution in [0.5, 0.6) is 0 Å². The van der Waals surface area contributed by atoms with Gasteiger partial charge in [-0.1, -0.05) is 15.9 Å². The smallest absolute Gasteiger partial charge is 0.224 e. The second kappa shape index (κ2) is 6.40. The first kappa shape index (κ1) is 12.9. The standard InChI is InChI=1S/C14H15BrN2O/c15-12-5-7-13(8-6-12)16-14(18)4-3-11-17-9-1-2-10-17/h1-2,5-10H,3-4,11H2,(H,16,18). The van der Waals surface area contributed by atoms with E-state index in [0.717, 1.165) is 23.1 Å². The number of rotatable bonds is 5. The summed E-state index contributed by atoms with van der Waals surface area (Å²) in [5, 5.41) is 2.88. The summed E-state index contributed by atoms with van der Waals surface area (Å²) in [5.41, 5.74) is 0.837. The number of carbonyl (C=O) groups excluding carboxylic acids is 1. The molecule has 94 valence electrons. The highest BCUT2D eigenvalue weighted by Crippen LogP contribution is 2.14. The van der Waals surface area contributed by atoms with Gasteiger partial charge in [-0.2, -0.15) is 0 Å². The number of halogens is 1. The van der Waals surface area contributed by atoms with Gasteiger partial charge in [0.15, 0.2) is 0 Å². The van der Waals surface area contributed by atoms with Crippen molar-refractivity contribution >= 4 is 27.5 Å². The summed E-state index contributed by atoms with van der Waals surface area (Å²) in [6.45, 7) is 0.876. The molecule has 1 aromatic heterocycles. The highest BCUT2D eigenvalue weighted by Gasteiger charge is 2.02. The van der Waals surface area contributed by atoms with Gasteiger partial charge in [0, 0.05) is 35.5 Å². The lowest BCUT2D eigenvalue weighted by molar-refractivity contribution is -0.116. The lowest BCUT2D eigenvalue weighted by Gasteiger charge is -2.06. The predicted octanol–water partition coefficient (Wildman–Crippen LogP) is 3.67. The zero-order valence-electron chi connectivity index (χ0n) is 9.97. The van der Waals surface area contributed by atoms with E-state index >= 15 is 0 Å². The Bertz CT molecular complexity index is 491. The number of aromatic nitrogens is 1. The molecule has 0 aliphatic heterocycles. The van der Waals surface area contributed by atoms with Gasteiger partial charge in [-0.25, -0.2) is 0 Å². The first-order chi connectivity index (χ1) is 8.74. The number of benzene rings is 1. The van der Waals surface area contributed by atoms with E-state index in [4.69, 9.17) is 0 Å². The highest BCUT2D eigenvalue weighted by atomic mass is 79.9. The minimum atomic E-state index is 0.0597. The van der Waals surface area contributed by atoms with Crippen molar-refractivity contribution in [2.24, 2.45) is 0 Å². The molecular formula is C14H15BrN2O. The third kappa shape index (κ3) is 4.04. The molecule has 0 atom stereocenters. The zero-order valence-corrected chi connectivity index (χ0v) is 11.6. The first-order valence-corrected chi connectivity index (χ1v) is 6.69. The van der Waals surface area contributed by atoms with Crippen molar-refractivity contribution in [2.75, 3.05) is 5.32 Å². The Morgan fingerprint density at radius 1 is 1.17 bits per heavy atom. The van der Waals surface area contributed by atoms with Gasteiger partial charge in [-0.05, 0) is 42.8 Å². The molecule has 0 fully saturated rings. The van der Waals surface area contributed by atoms with Gasteiger partial charge >= 0.3 is 0 Å². The predicted molar refractivity (Wildman–Crippen MR) is 76.4 cm³/mol. The molecule has 1 heterocycles. The second-order valence-electron chi connectivity index (χ2n) is 4.08. The minimum absolute atomic E-state index is 0.0597. The van der Waals surface area contributed by atoms with Crippen molar-refractivity contribution in [3.63, 3.8) is 0 Å². The maximum absolute atomic E-state index is 11.7. The molecule has 0 aliphatic rings. The topological polar surface area (TPSA) is 34.0 Å². The maximum Gasteiger partial charge on any atom is 0.224 e. The molecule has 0 saturated carbocycles. The number of carbonyl (C=O) groups is 1. The molecule has 1 N–H and O–H groups in total. The van der Waals surface area contributed by atoms with Gasteiger partial charge in [0.25, 0.3) is 0 Å². The number of hydrogen-bond donors (Lipinski definition) is 1. The molecule has 18 heavy (non-hydrogen) atoms. The van der Waals surface area contributed by atoms with Crippen LogP contribution in [0, 0.1) is 0 Å². The molecular weight excluding hydrogens is 292 g/mol. The summed E-state index contributed by atoms with van der Waals surface area (Å²) in [6, 6.07) is 11.6. The van der Waals surface area contributed by atoms with Crippen LogP contribution in [0.1, 0.15) is 12.8 Å². The SMILES string of the molecule is O=C(CCCn1cccc1)Nc1ccc(Br)cc1. The van der Waals surface area contributed by atoms with E-state index in [2.05, 4.69) is 25.8 Å². The number of nitrogens with zero attached hydrogens (tertiary/aromatic N) is 1. The van der Waals surface area contributed by atoms with Crippen molar-refractivity contribution in [2.45, 2.75) is 19.4 Å². The molecule has 0 saturated heterocycles. The quantitative estimate of drug-likeness (QED) is 0.898. The number of aryl methyl sites for hydroxylation is 1. The van der Waals surface area contributed by atoms with Crippen LogP contribution in [0.25, 0.3) is 0 Å². The fourth-order valence-electron chi connectivity index (χ4n) is 1.70. The first-order valence-electron chi connectivity index (χ1n) is 5.90. The molecule has 3 nitrogen and oxygen atoms in total. The Kier molecular flexibility index (Phi) is 4.59. The normalized spacial score (nSPS) is 10.3. The van der Waals surface area contributed by atoms with E-state index in [1.807, 2.05) is 48.8 Å². The van der Waals surface area contributed by atoms with E-state index in [-0.39, 0.29) is 5.91 Å². The van der Waals surface area contributed by atoms with Gasteiger partial charge in [0.2, 0.25) is 5.91 Å². The fraction of sp³-hybridized carbons (Fsp3) is 0.214. The van der Waals surface area contributed by atoms with E-state index in [9.17, 15) is 4.79 Å². The lowest BCUT2D eigenvalue weighted by atomic mass is 10.2. The van der Waals surface area contributed by atoms with Gasteiger partial charge < -0.3 is 9.88 Å². The van der Waals surface area contributed by atoms with E-state index < -0.39 is 0 Å². The average Bonchev–Trinajstić information content (AvgIpc) is 2.85. The van der Waals surface area contributed by atoms with E-state index in [1.54, 1.807) is 0 Å². The van der Waals surface area contributed by atoms with Gasteiger partial charge in [0.05, 0.1) is 0 Å². The van der Waals surface area contributed by atoms with Crippen molar-refractivity contribution in [3.8, 4) is 0 Å². The van der Waals surface area contributed by atoms with Crippen LogP contribution in [0.3, 0.4) is 0 Å². The third-order valence-corrected chi connectivity index (χ3v) is 3.14. The third-order valence-electron chi connectivity index (χ3n) is 2.61. The van der Waals surface area contributed by atoms with E-state index in [0.29, 0.717) is 6.42 Å². The van der Waals surface area contributed by atoms with Gasteiger partial charge in [-0.15, -0.1) is 0 Å². The van der Waals surface area contributed by atoms with Crippen LogP contribution in [0.2, 0.25) is 0 Å². The molecule has 1 amide bonds. The maximum atomic E-state index is 11.7. The van der Waals surface area contributed by atoms with Gasteiger partial charge in [0.1, 0.15) is 0 Å². The van der Waals surface area contributed by atoms with Crippen molar-refractivity contribution in [3.05, 3.63) is 53.3 Å². The summed E-state index contributed by atoms with van der Waals surface area (Å²) >= 11 is 3.36. The Hall–Kier alpha value is -1.55. The second-order valence-corrected chi connectivity index (χ2v) is 5.00. The fourth-order valence-corrected chi connectivity index (χ4v) is 1.96. The van der Waals surface area contributed by atoms with Crippen LogP contribution in [-0.4, -0.2) is 10.5 Å². The van der Waals surface area contributed by atoms with Crippen molar-refractivity contribution < 1.29 is 4.79 Å². The summed E-state index contributed by atoms with van der Waals surface area (Å²) in [6.07, 6.45) is 5.39. The van der Waals surface area contributed by atoms with Crippen molar-refractivity contribution in [1.82, 2.24) is 4.57 Å². The van der Waals surface area contributed by atoms with Crippen LogP contribution in [-0.2, 0) is 11.3 Å². The average molecular weight is 307 g/mol. The number of anilines is 1. The highest BCUT2D eigenvalue weighted by molar-refractivity contribution is 9.10. The molecule has 0 bridgehead atoms. The Labute approximate surface area is 115 Å². The van der Waals surface area contributed by atoms with Crippen molar-refractivity contribution in [1.29, 1.82) is 0 Å². The summed E-state index contributed by atoms with van der Waals surface area (Å²) < 4.78 is 3.08. The largest absolute Gasteiger partial charge is 0.354 e. The summed E-state index contributed by atoms with van der Waals surface area (Å²) in [5.74, 6) is 0.0597. The number of amides is 1. The molecule has 2 aromatic rings. The molecule has 0 spiro atoms. The van der Waals surface area contributed by atoms with Gasteiger partial charge in [-0.3, -0.25) is 4.79 Å². The zero-order chi connectivity index (χ0) is 12.8. The molecule has 1 aromatic carbocycles. The van der Waals surface area contributed by atoms with Crippen LogP contribution < -0.4 is 5.32 Å². The Balaban J connectivity index is 1.73. The Morgan fingerprint density at radius 3 is 2.50 bits per heavy atom. The van der Waals surface area contributed by atoms with Crippen LogP contribution in [0.4, 0.5) is 5.69 Å². The van der Waals surface area contributed by atoms with E-state index in [1.165, 1.54) is 0 Å². The number of hydrogen-bond acceptors (Lipinski definition) is 1. The monoisotopic (exact) mass is 306 g/mol. The molecule has 0 radical (unpaired) electrons. The summed E-state index contributed by atoms with van der Waals surface area (Å²) in [4.78, 5) is 11.7. The Morgan fingerprint density at radius 2 is 1.83 bits per heavy atom. The number of nitrogens with one attached hydrogen (secondary N) is 1. The molecule has 2 rings (SSSR count).